The summed E-state index contributed by atoms with van der Waals surface area (Å²) in [5.74, 6) is 3.58. The number of nitrogens with one attached hydrogen (secondary N) is 1. The van der Waals surface area contributed by atoms with Crippen molar-refractivity contribution in [3.8, 4) is 6.07 Å². The van der Waals surface area contributed by atoms with Gasteiger partial charge in [-0.2, -0.15) is 10.4 Å². The Labute approximate surface area is 108 Å². The summed E-state index contributed by atoms with van der Waals surface area (Å²) in [7, 11) is 1.90. The predicted molar refractivity (Wildman–Crippen MR) is 70.1 cm³/mol. The van der Waals surface area contributed by atoms with E-state index in [0.29, 0.717) is 5.56 Å². The van der Waals surface area contributed by atoms with Crippen LogP contribution >= 0.6 is 0 Å². The molecule has 4 heteroatoms. The highest BCUT2D eigenvalue weighted by Crippen LogP contribution is 2.48. The van der Waals surface area contributed by atoms with Crippen molar-refractivity contribution in [2.24, 2.45) is 24.8 Å². The van der Waals surface area contributed by atoms with Gasteiger partial charge in [0, 0.05) is 13.6 Å². The van der Waals surface area contributed by atoms with Gasteiger partial charge < -0.3 is 5.32 Å². The molecule has 1 heterocycles. The number of hydrogen-bond acceptors (Lipinski definition) is 3. The minimum Gasteiger partial charge on any atom is -0.369 e. The fourth-order valence-corrected chi connectivity index (χ4v) is 3.85. The highest BCUT2D eigenvalue weighted by atomic mass is 15.3. The average molecular weight is 244 g/mol. The largest absolute Gasteiger partial charge is 0.369 e. The second kappa shape index (κ2) is 4.31. The van der Waals surface area contributed by atoms with Crippen LogP contribution in [0.3, 0.4) is 0 Å². The first-order chi connectivity index (χ1) is 8.69. The minimum absolute atomic E-state index is 0.695. The zero-order valence-corrected chi connectivity index (χ0v) is 11.1. The molecule has 1 aromatic heterocycles. The number of hydrogen-bond donors (Lipinski definition) is 1. The molecule has 0 saturated heterocycles. The molecule has 3 unspecified atom stereocenters. The van der Waals surface area contributed by atoms with Crippen LogP contribution in [0.4, 0.5) is 5.82 Å². The molecule has 3 atom stereocenters. The molecule has 96 valence electrons. The summed E-state index contributed by atoms with van der Waals surface area (Å²) in [6.45, 7) is 2.89. The molecule has 1 aromatic rings. The van der Waals surface area contributed by atoms with Crippen molar-refractivity contribution in [3.05, 3.63) is 11.3 Å². The lowest BCUT2D eigenvalue weighted by Crippen LogP contribution is -2.21. The van der Waals surface area contributed by atoms with E-state index in [2.05, 4.69) is 16.5 Å². The molecule has 3 rings (SSSR count). The fourth-order valence-electron chi connectivity index (χ4n) is 3.85. The fraction of sp³-hybridized carbons (Fsp3) is 0.714. The number of nitrogens with zero attached hydrogens (tertiary/aromatic N) is 3. The molecule has 2 fully saturated rings. The maximum Gasteiger partial charge on any atom is 0.142 e. The van der Waals surface area contributed by atoms with Gasteiger partial charge in [-0.25, -0.2) is 0 Å². The van der Waals surface area contributed by atoms with E-state index >= 15 is 0 Å². The molecular formula is C14H20N4. The number of fused-ring (bicyclic) bond motifs is 2. The summed E-state index contributed by atoms with van der Waals surface area (Å²) in [6.07, 6.45) is 5.65. The smallest absolute Gasteiger partial charge is 0.142 e. The van der Waals surface area contributed by atoms with Gasteiger partial charge in [0.2, 0.25) is 0 Å². The normalized spacial score (nSPS) is 29.5. The topological polar surface area (TPSA) is 53.6 Å². The molecule has 2 aliphatic rings. The maximum absolute atomic E-state index is 9.17. The van der Waals surface area contributed by atoms with E-state index in [1.165, 1.54) is 25.7 Å². The Bertz CT molecular complexity index is 497. The number of aryl methyl sites for hydroxylation is 2. The average Bonchev–Trinajstić information content (AvgIpc) is 3.01. The Kier molecular flexibility index (Phi) is 2.77. The van der Waals surface area contributed by atoms with Gasteiger partial charge in [0.05, 0.1) is 5.69 Å². The first-order valence-corrected chi connectivity index (χ1v) is 6.86. The SMILES string of the molecule is Cc1nn(C)c(NCC2CC3CCC2C3)c1C#N. The van der Waals surface area contributed by atoms with Crippen LogP contribution in [0.2, 0.25) is 0 Å². The summed E-state index contributed by atoms with van der Waals surface area (Å²) in [6, 6.07) is 2.25. The third-order valence-electron chi connectivity index (χ3n) is 4.75. The van der Waals surface area contributed by atoms with Crippen LogP contribution in [-0.4, -0.2) is 16.3 Å². The summed E-state index contributed by atoms with van der Waals surface area (Å²) >= 11 is 0. The lowest BCUT2D eigenvalue weighted by atomic mass is 9.89. The molecule has 0 amide bonds. The number of aromatic nitrogens is 2. The number of rotatable bonds is 3. The highest BCUT2D eigenvalue weighted by Gasteiger charge is 2.39. The van der Waals surface area contributed by atoms with E-state index in [9.17, 15) is 0 Å². The summed E-state index contributed by atoms with van der Waals surface area (Å²) in [5.41, 5.74) is 1.51. The van der Waals surface area contributed by atoms with Crippen molar-refractivity contribution in [2.75, 3.05) is 11.9 Å². The van der Waals surface area contributed by atoms with Crippen molar-refractivity contribution in [3.63, 3.8) is 0 Å². The van der Waals surface area contributed by atoms with Crippen LogP contribution in [0.25, 0.3) is 0 Å². The van der Waals surface area contributed by atoms with Crippen molar-refractivity contribution in [1.29, 1.82) is 5.26 Å². The van der Waals surface area contributed by atoms with Gasteiger partial charge in [-0.05, 0) is 43.9 Å². The second-order valence-corrected chi connectivity index (χ2v) is 5.86. The quantitative estimate of drug-likeness (QED) is 0.888. The van der Waals surface area contributed by atoms with Crippen molar-refractivity contribution < 1.29 is 0 Å². The molecule has 2 bridgehead atoms. The van der Waals surface area contributed by atoms with Crippen molar-refractivity contribution >= 4 is 5.82 Å². The highest BCUT2D eigenvalue weighted by molar-refractivity contribution is 5.55. The molecule has 4 nitrogen and oxygen atoms in total. The van der Waals surface area contributed by atoms with E-state index in [1.807, 2.05) is 14.0 Å². The zero-order chi connectivity index (χ0) is 12.7. The van der Waals surface area contributed by atoms with E-state index in [4.69, 9.17) is 5.26 Å². The third kappa shape index (κ3) is 1.78. The van der Waals surface area contributed by atoms with Crippen LogP contribution in [0.5, 0.6) is 0 Å². The lowest BCUT2D eigenvalue weighted by Gasteiger charge is -2.22. The minimum atomic E-state index is 0.695. The maximum atomic E-state index is 9.17. The molecule has 2 aliphatic carbocycles. The molecule has 18 heavy (non-hydrogen) atoms. The van der Waals surface area contributed by atoms with E-state index in [0.717, 1.165) is 35.8 Å². The molecule has 0 aliphatic heterocycles. The monoisotopic (exact) mass is 244 g/mol. The summed E-state index contributed by atoms with van der Waals surface area (Å²) in [5, 5.41) is 16.9. The van der Waals surface area contributed by atoms with Gasteiger partial charge in [-0.1, -0.05) is 6.42 Å². The Morgan fingerprint density at radius 2 is 2.28 bits per heavy atom. The van der Waals surface area contributed by atoms with E-state index in [1.54, 1.807) is 4.68 Å². The Morgan fingerprint density at radius 3 is 2.89 bits per heavy atom. The van der Waals surface area contributed by atoms with E-state index < -0.39 is 0 Å². The zero-order valence-electron chi connectivity index (χ0n) is 11.1. The predicted octanol–water partition coefficient (Wildman–Crippen LogP) is 2.45. The second-order valence-electron chi connectivity index (χ2n) is 5.86. The lowest BCUT2D eigenvalue weighted by molar-refractivity contribution is 0.348. The summed E-state index contributed by atoms with van der Waals surface area (Å²) < 4.78 is 1.79. The van der Waals surface area contributed by atoms with Crippen LogP contribution in [-0.2, 0) is 7.05 Å². The van der Waals surface area contributed by atoms with Crippen molar-refractivity contribution in [1.82, 2.24) is 9.78 Å². The molecule has 0 aromatic carbocycles. The van der Waals surface area contributed by atoms with Gasteiger partial charge >= 0.3 is 0 Å². The van der Waals surface area contributed by atoms with Crippen molar-refractivity contribution in [2.45, 2.75) is 32.6 Å². The molecule has 1 N–H and O–H groups in total. The molecule has 2 saturated carbocycles. The van der Waals surface area contributed by atoms with Gasteiger partial charge in [0.25, 0.3) is 0 Å². The van der Waals surface area contributed by atoms with Crippen LogP contribution in [0.1, 0.15) is 36.9 Å². The van der Waals surface area contributed by atoms with Gasteiger partial charge in [-0.3, -0.25) is 4.68 Å². The third-order valence-corrected chi connectivity index (χ3v) is 4.75. The van der Waals surface area contributed by atoms with Crippen LogP contribution in [0, 0.1) is 36.0 Å². The van der Waals surface area contributed by atoms with Crippen LogP contribution in [0.15, 0.2) is 0 Å². The van der Waals surface area contributed by atoms with Crippen LogP contribution < -0.4 is 5.32 Å². The Morgan fingerprint density at radius 1 is 1.44 bits per heavy atom. The Balaban J connectivity index is 1.69. The molecular weight excluding hydrogens is 224 g/mol. The standard InChI is InChI=1S/C14H20N4/c1-9-13(7-15)14(18(2)17-9)16-8-12-6-10-3-4-11(12)5-10/h10-12,16H,3-6,8H2,1-2H3. The Hall–Kier alpha value is -1.50. The van der Waals surface area contributed by atoms with E-state index in [-0.39, 0.29) is 0 Å². The van der Waals surface area contributed by atoms with Gasteiger partial charge in [0.1, 0.15) is 17.5 Å². The number of anilines is 1. The first-order valence-electron chi connectivity index (χ1n) is 6.86. The molecule has 0 spiro atoms. The number of nitriles is 1. The first kappa shape index (κ1) is 11.6. The van der Waals surface area contributed by atoms with Gasteiger partial charge in [-0.15, -0.1) is 0 Å². The molecule has 0 radical (unpaired) electrons. The van der Waals surface area contributed by atoms with Gasteiger partial charge in [0.15, 0.2) is 0 Å². The summed E-state index contributed by atoms with van der Waals surface area (Å²) in [4.78, 5) is 0.